The van der Waals surface area contributed by atoms with Crippen molar-refractivity contribution in [1.82, 2.24) is 5.32 Å². The first kappa shape index (κ1) is 74.2. The Bertz CT molecular complexity index is 1840. The van der Waals surface area contributed by atoms with E-state index in [0.717, 1.165) is 103 Å². The molecule has 0 spiro atoms. The molecule has 3 aliphatic rings. The maximum Gasteiger partial charge on any atom is 0.220 e. The Morgan fingerprint density at radius 1 is 0.446 bits per heavy atom. The highest BCUT2D eigenvalue weighted by Crippen LogP contribution is 2.33. The van der Waals surface area contributed by atoms with Crippen LogP contribution in [0.15, 0.2) is 85.1 Å². The summed E-state index contributed by atoms with van der Waals surface area (Å²) in [5.41, 5.74) is 0. The summed E-state index contributed by atoms with van der Waals surface area (Å²) in [5, 5.41) is 120. The number of rotatable bonds is 45. The Morgan fingerprint density at radius 2 is 0.831 bits per heavy atom. The van der Waals surface area contributed by atoms with Gasteiger partial charge in [0.05, 0.1) is 38.6 Å². The van der Waals surface area contributed by atoms with E-state index in [-0.39, 0.29) is 18.9 Å². The third-order valence-electron chi connectivity index (χ3n) is 15.2. The average molecular weight is 1180 g/mol. The Hall–Kier alpha value is -3.03. The fraction of sp³-hybridized carbons (Fsp3) is 0.766. The molecule has 12 N–H and O–H groups in total. The molecule has 0 aromatic rings. The van der Waals surface area contributed by atoms with Crippen molar-refractivity contribution in [3.63, 3.8) is 0 Å². The first-order valence-electron chi connectivity index (χ1n) is 31.3. The van der Waals surface area contributed by atoms with E-state index in [9.17, 15) is 61.0 Å². The minimum Gasteiger partial charge on any atom is -0.394 e. The maximum atomic E-state index is 13.3. The number of aliphatic hydroxyl groups is 11. The third kappa shape index (κ3) is 29.5. The summed E-state index contributed by atoms with van der Waals surface area (Å²) in [6, 6.07) is -0.981. The molecule has 0 aliphatic carbocycles. The first-order valence-corrected chi connectivity index (χ1v) is 31.3. The predicted molar refractivity (Wildman–Crippen MR) is 318 cm³/mol. The quantitative estimate of drug-likeness (QED) is 0.0233. The Kier molecular flexibility index (Phi) is 41.3. The molecule has 0 aromatic carbocycles. The molecule has 19 heteroatoms. The van der Waals surface area contributed by atoms with Crippen molar-refractivity contribution in [3.05, 3.63) is 85.1 Å². The molecule has 0 saturated carbocycles. The van der Waals surface area contributed by atoms with Crippen LogP contribution in [0, 0.1) is 0 Å². The van der Waals surface area contributed by atoms with Gasteiger partial charge in [-0.2, -0.15) is 0 Å². The molecule has 19 nitrogen and oxygen atoms in total. The molecule has 3 saturated heterocycles. The molecule has 3 rings (SSSR count). The standard InChI is InChI=1S/C64H109NO18/c1-3-5-7-9-11-13-15-16-17-18-19-20-21-22-23-24-25-26-27-28-29-30-32-34-36-38-40-42-52(70)65-47(48(69)41-39-37-35-33-31-14-12-10-8-6-4-2)46-78-62-58(76)55(73)60(50(44-67)80-62)83-64-59(77)56(74)61(51(45-68)81-64)82-63-57(75)54(72)53(71)49(43-66)79-63/h5,7,11,13,16-17,19-20,22-23,25-26,39,41,47-51,53-64,66-69,71-77H,3-4,6,8-10,12,14-15,18,21,24,27-38,40,42-46H2,1-2H3,(H,65,70)/b7-5-,13-11-,17-16-,20-19-,23-22-,26-25-,41-39+. The molecule has 3 aliphatic heterocycles. The molecular weight excluding hydrogens is 1070 g/mol. The second-order valence-corrected chi connectivity index (χ2v) is 22.1. The number of allylic oxidation sites excluding steroid dienone is 13. The Morgan fingerprint density at radius 3 is 1.30 bits per heavy atom. The average Bonchev–Trinajstić information content (AvgIpc) is 3.62. The van der Waals surface area contributed by atoms with Crippen LogP contribution in [0.1, 0.15) is 181 Å². The predicted octanol–water partition coefficient (Wildman–Crippen LogP) is 6.37. The topological polar surface area (TPSA) is 307 Å². The lowest BCUT2D eigenvalue weighted by atomic mass is 9.96. The largest absolute Gasteiger partial charge is 0.394 e. The monoisotopic (exact) mass is 1180 g/mol. The molecule has 83 heavy (non-hydrogen) atoms. The van der Waals surface area contributed by atoms with Crippen LogP contribution in [0.25, 0.3) is 0 Å². The van der Waals surface area contributed by atoms with Crippen molar-refractivity contribution in [3.8, 4) is 0 Å². The number of hydrogen-bond acceptors (Lipinski definition) is 18. The van der Waals surface area contributed by atoms with Crippen molar-refractivity contribution >= 4 is 5.91 Å². The minimum absolute atomic E-state index is 0.228. The summed E-state index contributed by atoms with van der Waals surface area (Å²) < 4.78 is 34.2. The second kappa shape index (κ2) is 46.2. The summed E-state index contributed by atoms with van der Waals surface area (Å²) in [7, 11) is 0. The van der Waals surface area contributed by atoms with Crippen molar-refractivity contribution in [2.45, 2.75) is 285 Å². The normalized spacial score (nSPS) is 30.0. The van der Waals surface area contributed by atoms with Gasteiger partial charge in [-0.15, -0.1) is 0 Å². The molecule has 0 radical (unpaired) electrons. The van der Waals surface area contributed by atoms with Crippen molar-refractivity contribution < 1.29 is 89.4 Å². The maximum absolute atomic E-state index is 13.3. The molecule has 3 heterocycles. The van der Waals surface area contributed by atoms with Crippen LogP contribution < -0.4 is 5.32 Å². The van der Waals surface area contributed by atoms with Crippen LogP contribution in [-0.4, -0.2) is 193 Å². The van der Waals surface area contributed by atoms with Crippen LogP contribution in [0.4, 0.5) is 0 Å². The van der Waals surface area contributed by atoms with Crippen LogP contribution >= 0.6 is 0 Å². The van der Waals surface area contributed by atoms with Gasteiger partial charge in [-0.1, -0.05) is 189 Å². The van der Waals surface area contributed by atoms with E-state index in [4.69, 9.17) is 28.4 Å². The number of nitrogens with one attached hydrogen (secondary N) is 1. The van der Waals surface area contributed by atoms with E-state index in [2.05, 4.69) is 92.1 Å². The van der Waals surface area contributed by atoms with Gasteiger partial charge in [0.15, 0.2) is 18.9 Å². The molecule has 3 fully saturated rings. The minimum atomic E-state index is -1.98. The van der Waals surface area contributed by atoms with Crippen molar-refractivity contribution in [1.29, 1.82) is 0 Å². The van der Waals surface area contributed by atoms with Gasteiger partial charge in [-0.25, -0.2) is 0 Å². The lowest BCUT2D eigenvalue weighted by Crippen LogP contribution is -2.66. The number of amides is 1. The zero-order valence-electron chi connectivity index (χ0n) is 49.9. The number of unbranched alkanes of at least 4 members (excludes halogenated alkanes) is 17. The molecule has 17 atom stereocenters. The van der Waals surface area contributed by atoms with Gasteiger partial charge in [0.25, 0.3) is 0 Å². The van der Waals surface area contributed by atoms with Gasteiger partial charge in [-0.3, -0.25) is 4.79 Å². The summed E-state index contributed by atoms with van der Waals surface area (Å²) in [6.07, 6.45) is 30.0. The lowest BCUT2D eigenvalue weighted by Gasteiger charge is -2.48. The fourth-order valence-electron chi connectivity index (χ4n) is 10.1. The molecule has 0 aromatic heterocycles. The van der Waals surface area contributed by atoms with Crippen LogP contribution in [0.3, 0.4) is 0 Å². The van der Waals surface area contributed by atoms with Gasteiger partial charge in [0, 0.05) is 6.42 Å². The third-order valence-corrected chi connectivity index (χ3v) is 15.2. The zero-order chi connectivity index (χ0) is 60.5. The fourth-order valence-corrected chi connectivity index (χ4v) is 10.1. The van der Waals surface area contributed by atoms with E-state index in [0.29, 0.717) is 6.42 Å². The van der Waals surface area contributed by atoms with E-state index < -0.39 is 124 Å². The first-order chi connectivity index (χ1) is 40.3. The van der Waals surface area contributed by atoms with Crippen molar-refractivity contribution in [2.24, 2.45) is 0 Å². The molecule has 1 amide bonds. The van der Waals surface area contributed by atoms with E-state index in [1.165, 1.54) is 51.4 Å². The highest BCUT2D eigenvalue weighted by Gasteiger charge is 2.53. The lowest BCUT2D eigenvalue weighted by molar-refractivity contribution is -0.379. The van der Waals surface area contributed by atoms with Gasteiger partial charge in [0.2, 0.25) is 5.91 Å². The van der Waals surface area contributed by atoms with Gasteiger partial charge in [-0.05, 0) is 70.6 Å². The molecule has 478 valence electrons. The summed E-state index contributed by atoms with van der Waals surface area (Å²) in [5.74, 6) is -0.290. The Balaban J connectivity index is 1.43. The molecule has 0 bridgehead atoms. The summed E-state index contributed by atoms with van der Waals surface area (Å²) >= 11 is 0. The summed E-state index contributed by atoms with van der Waals surface area (Å²) in [6.45, 7) is 1.56. The number of aliphatic hydroxyl groups excluding tert-OH is 11. The van der Waals surface area contributed by atoms with E-state index in [1.807, 2.05) is 6.08 Å². The van der Waals surface area contributed by atoms with Crippen LogP contribution in [0.2, 0.25) is 0 Å². The van der Waals surface area contributed by atoms with Crippen molar-refractivity contribution in [2.75, 3.05) is 26.4 Å². The highest BCUT2D eigenvalue weighted by molar-refractivity contribution is 5.76. The van der Waals surface area contributed by atoms with E-state index in [1.54, 1.807) is 6.08 Å². The van der Waals surface area contributed by atoms with Crippen LogP contribution in [0.5, 0.6) is 0 Å². The van der Waals surface area contributed by atoms with Crippen LogP contribution in [-0.2, 0) is 33.2 Å². The van der Waals surface area contributed by atoms with Gasteiger partial charge < -0.3 is 89.9 Å². The number of ether oxygens (including phenoxy) is 6. The summed E-state index contributed by atoms with van der Waals surface area (Å²) in [4.78, 5) is 13.3. The van der Waals surface area contributed by atoms with E-state index >= 15 is 0 Å². The van der Waals surface area contributed by atoms with Gasteiger partial charge in [0.1, 0.15) is 73.2 Å². The highest BCUT2D eigenvalue weighted by atomic mass is 16.8. The second-order valence-electron chi connectivity index (χ2n) is 22.1. The van der Waals surface area contributed by atoms with Gasteiger partial charge >= 0.3 is 0 Å². The number of carbonyl (C=O) groups is 1. The number of hydrogen-bond donors (Lipinski definition) is 12. The zero-order valence-corrected chi connectivity index (χ0v) is 49.9. The molecular formula is C64H109NO18. The Labute approximate surface area is 495 Å². The number of carbonyl (C=O) groups excluding carboxylic acids is 1. The smallest absolute Gasteiger partial charge is 0.220 e. The SMILES string of the molecule is CC/C=C\C/C=C\C/C=C\C/C=C\C/C=C\C/C=C\CCCCCCCCCCC(=O)NC(COC1OC(CO)C(OC2OC(CO)C(OC3OC(CO)C(O)C(O)C3O)C(O)C2O)C(O)C1O)C(O)/C=C/CCCCCCCCCCC. The molecule has 17 unspecified atom stereocenters.